The molecule has 1 atom stereocenters. The van der Waals surface area contributed by atoms with Crippen LogP contribution < -0.4 is 5.32 Å². The SMILES string of the molecule is O=C1OC2(CCNC2)c2c(C(=O)C3(c4ccc5ccccc5c4)CC3)ccnc21. The van der Waals surface area contributed by atoms with Gasteiger partial charge in [0.1, 0.15) is 0 Å². The second-order valence-corrected chi connectivity index (χ2v) is 8.37. The highest BCUT2D eigenvalue weighted by Gasteiger charge is 2.56. The molecule has 1 N–H and O–H groups in total. The van der Waals surface area contributed by atoms with Crippen LogP contribution in [0.1, 0.15) is 51.2 Å². The molecule has 3 aliphatic rings. The quantitative estimate of drug-likeness (QED) is 0.553. The second kappa shape index (κ2) is 5.74. The second-order valence-electron chi connectivity index (χ2n) is 8.37. The number of carbonyl (C=O) groups is 2. The van der Waals surface area contributed by atoms with E-state index in [4.69, 9.17) is 4.74 Å². The molecule has 144 valence electrons. The summed E-state index contributed by atoms with van der Waals surface area (Å²) >= 11 is 0. The van der Waals surface area contributed by atoms with Crippen LogP contribution in [-0.4, -0.2) is 29.8 Å². The monoisotopic (exact) mass is 384 g/mol. The Labute approximate surface area is 168 Å². The predicted octanol–water partition coefficient (Wildman–Crippen LogP) is 3.51. The number of ether oxygens (including phenoxy) is 1. The Morgan fingerprint density at radius 1 is 1.03 bits per heavy atom. The van der Waals surface area contributed by atoms with E-state index in [2.05, 4.69) is 40.6 Å². The lowest BCUT2D eigenvalue weighted by Crippen LogP contribution is -2.32. The molecule has 0 radical (unpaired) electrons. The number of Topliss-reactive ketones (excluding diaryl/α,β-unsaturated/α-hetero) is 1. The molecule has 1 aromatic heterocycles. The van der Waals surface area contributed by atoms with Gasteiger partial charge in [-0.25, -0.2) is 9.78 Å². The summed E-state index contributed by atoms with van der Waals surface area (Å²) in [6.07, 6.45) is 3.87. The van der Waals surface area contributed by atoms with Crippen molar-refractivity contribution in [1.29, 1.82) is 0 Å². The van der Waals surface area contributed by atoms with E-state index in [1.807, 2.05) is 12.1 Å². The van der Waals surface area contributed by atoms with Gasteiger partial charge in [-0.1, -0.05) is 42.5 Å². The Bertz CT molecular complexity index is 1190. The molecule has 1 saturated carbocycles. The lowest BCUT2D eigenvalue weighted by Gasteiger charge is -2.25. The molecule has 3 heterocycles. The smallest absolute Gasteiger partial charge is 0.358 e. The van der Waals surface area contributed by atoms with E-state index in [0.717, 1.165) is 30.3 Å². The summed E-state index contributed by atoms with van der Waals surface area (Å²) in [4.78, 5) is 30.6. The number of rotatable bonds is 3. The van der Waals surface area contributed by atoms with Gasteiger partial charge < -0.3 is 10.1 Å². The van der Waals surface area contributed by atoms with E-state index < -0.39 is 17.0 Å². The summed E-state index contributed by atoms with van der Waals surface area (Å²) in [7, 11) is 0. The van der Waals surface area contributed by atoms with E-state index in [1.165, 1.54) is 5.39 Å². The third kappa shape index (κ3) is 2.28. The van der Waals surface area contributed by atoms with Gasteiger partial charge in [0.25, 0.3) is 0 Å². The Balaban J connectivity index is 1.48. The molecule has 29 heavy (non-hydrogen) atoms. The van der Waals surface area contributed by atoms with Gasteiger partial charge in [-0.3, -0.25) is 4.79 Å². The summed E-state index contributed by atoms with van der Waals surface area (Å²) in [6.45, 7) is 1.28. The molecule has 5 heteroatoms. The van der Waals surface area contributed by atoms with Crippen molar-refractivity contribution in [1.82, 2.24) is 10.3 Å². The van der Waals surface area contributed by atoms with Crippen LogP contribution in [0.25, 0.3) is 10.8 Å². The molecular weight excluding hydrogens is 364 g/mol. The topological polar surface area (TPSA) is 68.3 Å². The van der Waals surface area contributed by atoms with Crippen LogP contribution >= 0.6 is 0 Å². The minimum atomic E-state index is -0.759. The number of benzene rings is 2. The van der Waals surface area contributed by atoms with Crippen molar-refractivity contribution in [2.75, 3.05) is 13.1 Å². The number of nitrogens with one attached hydrogen (secondary N) is 1. The lowest BCUT2D eigenvalue weighted by molar-refractivity contribution is 0.00115. The lowest BCUT2D eigenvalue weighted by atomic mass is 9.81. The van der Waals surface area contributed by atoms with Gasteiger partial charge in [0.2, 0.25) is 0 Å². The number of pyridine rings is 1. The zero-order valence-electron chi connectivity index (χ0n) is 15.9. The number of carbonyl (C=O) groups excluding carboxylic acids is 2. The number of nitrogens with zero attached hydrogens (tertiary/aromatic N) is 1. The Kier molecular flexibility index (Phi) is 3.34. The molecule has 0 amide bonds. The molecule has 2 aromatic carbocycles. The summed E-state index contributed by atoms with van der Waals surface area (Å²) in [5.74, 6) is -0.343. The van der Waals surface area contributed by atoms with Gasteiger partial charge in [0.15, 0.2) is 17.1 Å². The van der Waals surface area contributed by atoms with Gasteiger partial charge in [-0.05, 0) is 41.8 Å². The Hall–Kier alpha value is -3.05. The van der Waals surface area contributed by atoms with E-state index in [1.54, 1.807) is 12.3 Å². The fourth-order valence-electron chi connectivity index (χ4n) is 5.03. The van der Waals surface area contributed by atoms with Crippen molar-refractivity contribution in [2.24, 2.45) is 0 Å². The van der Waals surface area contributed by atoms with E-state index >= 15 is 0 Å². The first-order chi connectivity index (χ1) is 14.1. The molecule has 1 unspecified atom stereocenters. The van der Waals surface area contributed by atoms with Gasteiger partial charge in [0, 0.05) is 30.3 Å². The first kappa shape index (κ1) is 16.9. The third-order valence-corrected chi connectivity index (χ3v) is 6.74. The van der Waals surface area contributed by atoms with Gasteiger partial charge >= 0.3 is 5.97 Å². The fraction of sp³-hybridized carbons (Fsp3) is 0.292. The zero-order chi connectivity index (χ0) is 19.6. The highest BCUT2D eigenvalue weighted by atomic mass is 16.6. The average molecular weight is 384 g/mol. The molecule has 2 aliphatic heterocycles. The maximum Gasteiger partial charge on any atom is 0.358 e. The van der Waals surface area contributed by atoms with Crippen LogP contribution in [0, 0.1) is 0 Å². The van der Waals surface area contributed by atoms with E-state index in [-0.39, 0.29) is 5.78 Å². The third-order valence-electron chi connectivity index (χ3n) is 6.74. The van der Waals surface area contributed by atoms with Crippen molar-refractivity contribution < 1.29 is 14.3 Å². The fourth-order valence-corrected chi connectivity index (χ4v) is 5.03. The maximum atomic E-state index is 13.9. The van der Waals surface area contributed by atoms with E-state index in [0.29, 0.717) is 29.8 Å². The van der Waals surface area contributed by atoms with Gasteiger partial charge in [-0.2, -0.15) is 0 Å². The highest BCUT2D eigenvalue weighted by molar-refractivity contribution is 6.10. The van der Waals surface area contributed by atoms with Crippen molar-refractivity contribution in [3.05, 3.63) is 77.1 Å². The number of aromatic nitrogens is 1. The maximum absolute atomic E-state index is 13.9. The number of fused-ring (bicyclic) bond motifs is 3. The Morgan fingerprint density at radius 2 is 1.86 bits per heavy atom. The molecule has 6 rings (SSSR count). The van der Waals surface area contributed by atoms with Crippen molar-refractivity contribution in [3.8, 4) is 0 Å². The van der Waals surface area contributed by atoms with Crippen LogP contribution in [0.3, 0.4) is 0 Å². The summed E-state index contributed by atoms with van der Waals surface area (Å²) in [6, 6.07) is 16.3. The first-order valence-electron chi connectivity index (χ1n) is 10.1. The molecule has 3 aromatic rings. The van der Waals surface area contributed by atoms with Gasteiger partial charge in [-0.15, -0.1) is 0 Å². The van der Waals surface area contributed by atoms with Crippen LogP contribution in [0.4, 0.5) is 0 Å². The molecule has 1 saturated heterocycles. The molecular formula is C24H20N2O3. The highest BCUT2D eigenvalue weighted by Crippen LogP contribution is 2.53. The van der Waals surface area contributed by atoms with Crippen molar-refractivity contribution >= 4 is 22.5 Å². The summed E-state index contributed by atoms with van der Waals surface area (Å²) in [5, 5.41) is 5.58. The van der Waals surface area contributed by atoms with E-state index in [9.17, 15) is 9.59 Å². The molecule has 1 spiro atoms. The number of hydrogen-bond acceptors (Lipinski definition) is 5. The molecule has 0 bridgehead atoms. The average Bonchev–Trinajstić information content (AvgIpc) is 3.36. The summed E-state index contributed by atoms with van der Waals surface area (Å²) in [5.41, 5.74) is 1.36. The molecule has 1 aliphatic carbocycles. The minimum Gasteiger partial charge on any atom is -0.448 e. The normalized spacial score (nSPS) is 23.9. The van der Waals surface area contributed by atoms with Crippen LogP contribution in [-0.2, 0) is 15.8 Å². The number of ketones is 1. The zero-order valence-corrected chi connectivity index (χ0v) is 15.9. The predicted molar refractivity (Wildman–Crippen MR) is 108 cm³/mol. The Morgan fingerprint density at radius 3 is 2.62 bits per heavy atom. The minimum absolute atomic E-state index is 0.0796. The van der Waals surface area contributed by atoms with Crippen LogP contribution in [0.5, 0.6) is 0 Å². The largest absolute Gasteiger partial charge is 0.448 e. The summed E-state index contributed by atoms with van der Waals surface area (Å²) < 4.78 is 5.75. The molecule has 2 fully saturated rings. The molecule has 5 nitrogen and oxygen atoms in total. The standard InChI is InChI=1S/C24H20N2O3/c27-21(23(8-9-23)17-6-5-15-3-1-2-4-16(15)13-17)18-7-11-26-20-19(18)24(29-22(20)28)10-12-25-14-24/h1-7,11,13,25H,8-10,12,14H2. The van der Waals surface area contributed by atoms with Gasteiger partial charge in [0.05, 0.1) is 5.41 Å². The number of esters is 1. The van der Waals surface area contributed by atoms with Crippen molar-refractivity contribution in [3.63, 3.8) is 0 Å². The van der Waals surface area contributed by atoms with Crippen LogP contribution in [0.15, 0.2) is 54.7 Å². The van der Waals surface area contributed by atoms with Crippen molar-refractivity contribution in [2.45, 2.75) is 30.3 Å². The van der Waals surface area contributed by atoms with Crippen LogP contribution in [0.2, 0.25) is 0 Å². The first-order valence-corrected chi connectivity index (χ1v) is 10.1. The number of hydrogen-bond donors (Lipinski definition) is 1.